The molecule has 0 saturated carbocycles. The molecule has 0 bridgehead atoms. The zero-order valence-electron chi connectivity index (χ0n) is 11.5. The van der Waals surface area contributed by atoms with Crippen molar-refractivity contribution in [3.63, 3.8) is 0 Å². The van der Waals surface area contributed by atoms with Crippen LogP contribution >= 0.6 is 0 Å². The van der Waals surface area contributed by atoms with E-state index in [9.17, 15) is 4.79 Å². The Kier molecular flexibility index (Phi) is 4.20. The molecule has 5 nitrogen and oxygen atoms in total. The molecule has 0 saturated heterocycles. The molecule has 0 atom stereocenters. The van der Waals surface area contributed by atoms with Crippen molar-refractivity contribution in [3.05, 3.63) is 47.8 Å². The van der Waals surface area contributed by atoms with Crippen molar-refractivity contribution in [2.24, 2.45) is 0 Å². The van der Waals surface area contributed by atoms with Crippen molar-refractivity contribution in [2.45, 2.75) is 13.8 Å². The first-order valence-electron chi connectivity index (χ1n) is 6.37. The van der Waals surface area contributed by atoms with Crippen molar-refractivity contribution < 1.29 is 9.53 Å². The number of nitrogen functional groups attached to an aromatic ring is 1. The summed E-state index contributed by atoms with van der Waals surface area (Å²) < 4.78 is 5.34. The van der Waals surface area contributed by atoms with Gasteiger partial charge in [0.15, 0.2) is 0 Å². The molecule has 1 aromatic heterocycles. The third-order valence-electron chi connectivity index (χ3n) is 2.83. The highest BCUT2D eigenvalue weighted by atomic mass is 16.5. The number of amides is 1. The Labute approximate surface area is 117 Å². The molecule has 0 spiro atoms. The van der Waals surface area contributed by atoms with Crippen LogP contribution in [-0.2, 0) is 0 Å². The minimum absolute atomic E-state index is 0.226. The lowest BCUT2D eigenvalue weighted by molar-refractivity contribution is 0.102. The summed E-state index contributed by atoms with van der Waals surface area (Å²) in [6, 6.07) is 8.56. The van der Waals surface area contributed by atoms with E-state index in [1.807, 2.05) is 13.8 Å². The minimum atomic E-state index is -0.226. The number of aryl methyl sites for hydroxylation is 1. The molecule has 3 N–H and O–H groups in total. The molecule has 0 aliphatic carbocycles. The number of nitrogens with two attached hydrogens (primary N) is 1. The van der Waals surface area contributed by atoms with Gasteiger partial charge in [-0.25, -0.2) is 0 Å². The van der Waals surface area contributed by atoms with Gasteiger partial charge in [0.1, 0.15) is 5.75 Å². The SMILES string of the molecule is CCOc1ccc(C(=O)Nc2cccnc2C)cc1N. The fourth-order valence-corrected chi connectivity index (χ4v) is 1.79. The van der Waals surface area contributed by atoms with E-state index in [1.165, 1.54) is 0 Å². The first-order chi connectivity index (χ1) is 9.61. The minimum Gasteiger partial charge on any atom is -0.492 e. The Morgan fingerprint density at radius 2 is 2.20 bits per heavy atom. The van der Waals surface area contributed by atoms with Gasteiger partial charge in [-0.1, -0.05) is 0 Å². The largest absolute Gasteiger partial charge is 0.492 e. The second kappa shape index (κ2) is 6.06. The number of nitrogens with zero attached hydrogens (tertiary/aromatic N) is 1. The van der Waals surface area contributed by atoms with Gasteiger partial charge in [-0.15, -0.1) is 0 Å². The summed E-state index contributed by atoms with van der Waals surface area (Å²) in [4.78, 5) is 16.3. The van der Waals surface area contributed by atoms with E-state index in [4.69, 9.17) is 10.5 Å². The molecular weight excluding hydrogens is 254 g/mol. The average Bonchev–Trinajstić information content (AvgIpc) is 2.43. The molecule has 1 amide bonds. The summed E-state index contributed by atoms with van der Waals surface area (Å²) in [5.74, 6) is 0.359. The van der Waals surface area contributed by atoms with Gasteiger partial charge >= 0.3 is 0 Å². The normalized spacial score (nSPS) is 10.1. The van der Waals surface area contributed by atoms with Gasteiger partial charge in [0, 0.05) is 11.8 Å². The Morgan fingerprint density at radius 3 is 2.85 bits per heavy atom. The van der Waals surface area contributed by atoms with Crippen molar-refractivity contribution in [1.29, 1.82) is 0 Å². The number of aromatic nitrogens is 1. The smallest absolute Gasteiger partial charge is 0.255 e. The van der Waals surface area contributed by atoms with E-state index >= 15 is 0 Å². The average molecular weight is 271 g/mol. The van der Waals surface area contributed by atoms with Crippen LogP contribution in [0.5, 0.6) is 5.75 Å². The number of anilines is 2. The van der Waals surface area contributed by atoms with Crippen LogP contribution in [0.1, 0.15) is 23.0 Å². The molecule has 0 aliphatic heterocycles. The van der Waals surface area contributed by atoms with Crippen molar-refractivity contribution in [1.82, 2.24) is 4.98 Å². The van der Waals surface area contributed by atoms with Crippen LogP contribution in [0, 0.1) is 6.92 Å². The second-order valence-electron chi connectivity index (χ2n) is 4.28. The van der Waals surface area contributed by atoms with Crippen LogP contribution in [0.2, 0.25) is 0 Å². The monoisotopic (exact) mass is 271 g/mol. The number of carbonyl (C=O) groups is 1. The Bertz CT molecular complexity index is 626. The Hall–Kier alpha value is -2.56. The predicted octanol–water partition coefficient (Wildman–Crippen LogP) is 2.62. The van der Waals surface area contributed by atoms with Gasteiger partial charge in [-0.2, -0.15) is 0 Å². The standard InChI is InChI=1S/C15H17N3O2/c1-3-20-14-7-6-11(9-12(14)16)15(19)18-13-5-4-8-17-10(13)2/h4-9H,3,16H2,1-2H3,(H,18,19). The molecule has 0 fully saturated rings. The molecule has 2 rings (SSSR count). The molecule has 0 unspecified atom stereocenters. The highest BCUT2D eigenvalue weighted by molar-refractivity contribution is 6.05. The van der Waals surface area contributed by atoms with Crippen LogP contribution in [-0.4, -0.2) is 17.5 Å². The van der Waals surface area contributed by atoms with Gasteiger partial charge in [-0.3, -0.25) is 9.78 Å². The maximum Gasteiger partial charge on any atom is 0.255 e. The van der Waals surface area contributed by atoms with E-state index in [2.05, 4.69) is 10.3 Å². The summed E-state index contributed by atoms with van der Waals surface area (Å²) in [6.45, 7) is 4.25. The summed E-state index contributed by atoms with van der Waals surface area (Å²) in [5, 5.41) is 2.81. The third kappa shape index (κ3) is 3.06. The maximum atomic E-state index is 12.2. The molecule has 1 heterocycles. The van der Waals surface area contributed by atoms with E-state index in [0.29, 0.717) is 29.3 Å². The number of hydrogen-bond acceptors (Lipinski definition) is 4. The van der Waals surface area contributed by atoms with Crippen molar-refractivity contribution in [3.8, 4) is 5.75 Å². The topological polar surface area (TPSA) is 77.2 Å². The van der Waals surface area contributed by atoms with Gasteiger partial charge in [0.2, 0.25) is 0 Å². The second-order valence-corrected chi connectivity index (χ2v) is 4.28. The lowest BCUT2D eigenvalue weighted by Gasteiger charge is -2.10. The molecule has 1 aromatic carbocycles. The van der Waals surface area contributed by atoms with Gasteiger partial charge in [0.05, 0.1) is 23.7 Å². The van der Waals surface area contributed by atoms with Crippen LogP contribution in [0.3, 0.4) is 0 Å². The van der Waals surface area contributed by atoms with Gasteiger partial charge in [-0.05, 0) is 44.2 Å². The third-order valence-corrected chi connectivity index (χ3v) is 2.83. The molecule has 5 heteroatoms. The number of pyridine rings is 1. The fraction of sp³-hybridized carbons (Fsp3) is 0.200. The molecule has 2 aromatic rings. The van der Waals surface area contributed by atoms with E-state index < -0.39 is 0 Å². The molecule has 0 radical (unpaired) electrons. The lowest BCUT2D eigenvalue weighted by Crippen LogP contribution is -2.13. The number of ether oxygens (including phenoxy) is 1. The van der Waals surface area contributed by atoms with Crippen LogP contribution < -0.4 is 15.8 Å². The summed E-state index contributed by atoms with van der Waals surface area (Å²) in [5.41, 5.74) is 8.23. The molecule has 104 valence electrons. The Morgan fingerprint density at radius 1 is 1.40 bits per heavy atom. The summed E-state index contributed by atoms with van der Waals surface area (Å²) >= 11 is 0. The van der Waals surface area contributed by atoms with E-state index in [0.717, 1.165) is 5.69 Å². The van der Waals surface area contributed by atoms with E-state index in [1.54, 1.807) is 36.5 Å². The first kappa shape index (κ1) is 13.9. The zero-order valence-corrected chi connectivity index (χ0v) is 11.5. The number of hydrogen-bond donors (Lipinski definition) is 2. The molecular formula is C15H17N3O2. The highest BCUT2D eigenvalue weighted by Crippen LogP contribution is 2.23. The number of rotatable bonds is 4. The molecule has 20 heavy (non-hydrogen) atoms. The van der Waals surface area contributed by atoms with Gasteiger partial charge < -0.3 is 15.8 Å². The van der Waals surface area contributed by atoms with E-state index in [-0.39, 0.29) is 5.91 Å². The van der Waals surface area contributed by atoms with Gasteiger partial charge in [0.25, 0.3) is 5.91 Å². The number of benzene rings is 1. The van der Waals surface area contributed by atoms with Crippen LogP contribution in [0.25, 0.3) is 0 Å². The van der Waals surface area contributed by atoms with Crippen LogP contribution in [0.4, 0.5) is 11.4 Å². The maximum absolute atomic E-state index is 12.2. The predicted molar refractivity (Wildman–Crippen MR) is 79.0 cm³/mol. The number of nitrogens with one attached hydrogen (secondary N) is 1. The zero-order chi connectivity index (χ0) is 14.5. The lowest BCUT2D eigenvalue weighted by atomic mass is 10.1. The quantitative estimate of drug-likeness (QED) is 0.838. The Balaban J connectivity index is 2.18. The first-order valence-corrected chi connectivity index (χ1v) is 6.37. The van der Waals surface area contributed by atoms with Crippen LogP contribution in [0.15, 0.2) is 36.5 Å². The highest BCUT2D eigenvalue weighted by Gasteiger charge is 2.10. The summed E-state index contributed by atoms with van der Waals surface area (Å²) in [7, 11) is 0. The van der Waals surface area contributed by atoms with Crippen molar-refractivity contribution >= 4 is 17.3 Å². The van der Waals surface area contributed by atoms with Crippen molar-refractivity contribution in [2.75, 3.05) is 17.7 Å². The fourth-order valence-electron chi connectivity index (χ4n) is 1.79. The number of carbonyl (C=O) groups excluding carboxylic acids is 1. The summed E-state index contributed by atoms with van der Waals surface area (Å²) in [6.07, 6.45) is 1.68. The molecule has 0 aliphatic rings.